The zero-order chi connectivity index (χ0) is 18.5. The summed E-state index contributed by atoms with van der Waals surface area (Å²) in [5.41, 5.74) is 1.30. The largest absolute Gasteiger partial charge is 0.354 e. The van der Waals surface area contributed by atoms with E-state index in [2.05, 4.69) is 65.5 Å². The van der Waals surface area contributed by atoms with E-state index in [-0.39, 0.29) is 11.8 Å². The first-order valence-electron chi connectivity index (χ1n) is 9.46. The van der Waals surface area contributed by atoms with Crippen molar-refractivity contribution in [1.82, 2.24) is 25.0 Å². The number of aromatic nitrogens is 3. The highest BCUT2D eigenvalue weighted by molar-refractivity contribution is 5.79. The van der Waals surface area contributed by atoms with Gasteiger partial charge in [0, 0.05) is 38.6 Å². The summed E-state index contributed by atoms with van der Waals surface area (Å²) in [7, 11) is 0. The fraction of sp³-hybridized carbons (Fsp3) is 0.550. The Hall–Kier alpha value is -2.21. The van der Waals surface area contributed by atoms with Gasteiger partial charge in [-0.15, -0.1) is 10.2 Å². The van der Waals surface area contributed by atoms with Crippen LogP contribution in [0.2, 0.25) is 0 Å². The molecular formula is C20H29N5O. The maximum Gasteiger partial charge on any atom is 0.224 e. The first-order chi connectivity index (χ1) is 12.5. The van der Waals surface area contributed by atoms with Crippen molar-refractivity contribution in [3.8, 4) is 0 Å². The average molecular weight is 355 g/mol. The second-order valence-corrected chi connectivity index (χ2v) is 7.59. The van der Waals surface area contributed by atoms with Crippen LogP contribution in [0, 0.1) is 11.8 Å². The molecule has 1 fully saturated rings. The summed E-state index contributed by atoms with van der Waals surface area (Å²) in [6, 6.07) is 10.4. The quantitative estimate of drug-likeness (QED) is 0.828. The lowest BCUT2D eigenvalue weighted by Crippen LogP contribution is -2.36. The van der Waals surface area contributed by atoms with Gasteiger partial charge in [0.25, 0.3) is 0 Å². The van der Waals surface area contributed by atoms with Gasteiger partial charge in [-0.3, -0.25) is 9.69 Å². The standard InChI is InChI=1S/C20H29N5O/c1-15(2)19-23-22-14-25(19)10-9-21-20(26)18-13-24(11-16(18)3)12-17-7-5-4-6-8-17/h4-8,14-16,18H,9-13H2,1-3H3,(H,21,26)/t16-,18-/m1/s1. The van der Waals surface area contributed by atoms with Gasteiger partial charge in [0.05, 0.1) is 5.92 Å². The number of hydrogen-bond donors (Lipinski definition) is 1. The first-order valence-corrected chi connectivity index (χ1v) is 9.46. The highest BCUT2D eigenvalue weighted by atomic mass is 16.1. The number of nitrogens with zero attached hydrogens (tertiary/aromatic N) is 4. The molecule has 0 saturated carbocycles. The van der Waals surface area contributed by atoms with E-state index < -0.39 is 0 Å². The Morgan fingerprint density at radius 2 is 2.04 bits per heavy atom. The third-order valence-corrected chi connectivity index (χ3v) is 5.09. The SMILES string of the molecule is CC(C)c1nncn1CCNC(=O)[C@@H]1CN(Cc2ccccc2)C[C@H]1C. The number of nitrogens with one attached hydrogen (secondary N) is 1. The fourth-order valence-corrected chi connectivity index (χ4v) is 3.69. The number of hydrogen-bond acceptors (Lipinski definition) is 4. The Bertz CT molecular complexity index is 712. The second kappa shape index (κ2) is 8.45. The zero-order valence-electron chi connectivity index (χ0n) is 15.9. The van der Waals surface area contributed by atoms with E-state index in [1.165, 1.54) is 5.56 Å². The maximum absolute atomic E-state index is 12.6. The molecule has 0 radical (unpaired) electrons. The Morgan fingerprint density at radius 3 is 2.77 bits per heavy atom. The summed E-state index contributed by atoms with van der Waals surface area (Å²) in [6.07, 6.45) is 1.74. The Balaban J connectivity index is 1.48. The molecule has 3 rings (SSSR count). The Kier molecular flexibility index (Phi) is 6.04. The summed E-state index contributed by atoms with van der Waals surface area (Å²) in [5, 5.41) is 11.2. The molecule has 0 aliphatic carbocycles. The van der Waals surface area contributed by atoms with Gasteiger partial charge < -0.3 is 9.88 Å². The van der Waals surface area contributed by atoms with Crippen LogP contribution in [-0.2, 0) is 17.9 Å². The van der Waals surface area contributed by atoms with Crippen molar-refractivity contribution in [3.05, 3.63) is 48.0 Å². The predicted molar refractivity (Wildman–Crippen MR) is 101 cm³/mol. The summed E-state index contributed by atoms with van der Waals surface area (Å²) in [4.78, 5) is 15.0. The van der Waals surface area contributed by atoms with E-state index >= 15 is 0 Å². The molecule has 1 amide bonds. The van der Waals surface area contributed by atoms with E-state index in [4.69, 9.17) is 0 Å². The minimum Gasteiger partial charge on any atom is -0.354 e. The third-order valence-electron chi connectivity index (χ3n) is 5.09. The maximum atomic E-state index is 12.6. The van der Waals surface area contributed by atoms with Crippen LogP contribution in [-0.4, -0.2) is 45.2 Å². The second-order valence-electron chi connectivity index (χ2n) is 7.59. The van der Waals surface area contributed by atoms with Crippen LogP contribution in [0.1, 0.15) is 38.1 Å². The van der Waals surface area contributed by atoms with Crippen LogP contribution >= 0.6 is 0 Å². The minimum atomic E-state index is 0.0594. The molecule has 1 saturated heterocycles. The summed E-state index contributed by atoms with van der Waals surface area (Å²) < 4.78 is 2.02. The van der Waals surface area contributed by atoms with Crippen molar-refractivity contribution in [2.75, 3.05) is 19.6 Å². The smallest absolute Gasteiger partial charge is 0.224 e. The monoisotopic (exact) mass is 355 g/mol. The summed E-state index contributed by atoms with van der Waals surface area (Å²) >= 11 is 0. The van der Waals surface area contributed by atoms with Crippen molar-refractivity contribution in [2.45, 2.75) is 39.8 Å². The number of likely N-dealkylation sites (tertiary alicyclic amines) is 1. The van der Waals surface area contributed by atoms with E-state index in [0.29, 0.717) is 24.9 Å². The Labute approximate surface area is 155 Å². The molecule has 6 heteroatoms. The van der Waals surface area contributed by atoms with Gasteiger partial charge in [-0.05, 0) is 11.5 Å². The summed E-state index contributed by atoms with van der Waals surface area (Å²) in [5.74, 6) is 1.88. The van der Waals surface area contributed by atoms with Gasteiger partial charge in [-0.1, -0.05) is 51.1 Å². The highest BCUT2D eigenvalue weighted by Crippen LogP contribution is 2.24. The summed E-state index contributed by atoms with van der Waals surface area (Å²) in [6.45, 7) is 10.4. The van der Waals surface area contributed by atoms with Gasteiger partial charge in [-0.25, -0.2) is 0 Å². The molecule has 1 aliphatic rings. The van der Waals surface area contributed by atoms with Crippen molar-refractivity contribution >= 4 is 5.91 Å². The van der Waals surface area contributed by atoms with Crippen molar-refractivity contribution in [2.24, 2.45) is 11.8 Å². The average Bonchev–Trinajstić information content (AvgIpc) is 3.22. The molecule has 1 N–H and O–H groups in total. The van der Waals surface area contributed by atoms with Crippen LogP contribution < -0.4 is 5.32 Å². The molecule has 0 spiro atoms. The lowest BCUT2D eigenvalue weighted by atomic mass is 9.97. The van der Waals surface area contributed by atoms with Gasteiger partial charge >= 0.3 is 0 Å². The molecular weight excluding hydrogens is 326 g/mol. The van der Waals surface area contributed by atoms with Crippen LogP contribution in [0.3, 0.4) is 0 Å². The molecule has 0 bridgehead atoms. The number of carbonyl (C=O) groups excluding carboxylic acids is 1. The topological polar surface area (TPSA) is 63.1 Å². The zero-order valence-corrected chi connectivity index (χ0v) is 15.9. The van der Waals surface area contributed by atoms with Crippen molar-refractivity contribution in [3.63, 3.8) is 0 Å². The fourth-order valence-electron chi connectivity index (χ4n) is 3.69. The first kappa shape index (κ1) is 18.6. The molecule has 2 heterocycles. The van der Waals surface area contributed by atoms with E-state index in [9.17, 15) is 4.79 Å². The molecule has 1 aromatic carbocycles. The van der Waals surface area contributed by atoms with Crippen LogP contribution in [0.15, 0.2) is 36.7 Å². The molecule has 2 atom stereocenters. The Morgan fingerprint density at radius 1 is 1.27 bits per heavy atom. The van der Waals surface area contributed by atoms with Crippen LogP contribution in [0.25, 0.3) is 0 Å². The number of benzene rings is 1. The minimum absolute atomic E-state index is 0.0594. The normalized spacial score (nSPS) is 20.6. The molecule has 2 aromatic rings. The van der Waals surface area contributed by atoms with Gasteiger partial charge in [0.2, 0.25) is 5.91 Å². The number of rotatable bonds is 7. The van der Waals surface area contributed by atoms with Crippen molar-refractivity contribution < 1.29 is 4.79 Å². The van der Waals surface area contributed by atoms with Crippen LogP contribution in [0.4, 0.5) is 0 Å². The van der Waals surface area contributed by atoms with Gasteiger partial charge in [0.15, 0.2) is 0 Å². The van der Waals surface area contributed by atoms with E-state index in [1.807, 2.05) is 10.6 Å². The highest BCUT2D eigenvalue weighted by Gasteiger charge is 2.34. The molecule has 26 heavy (non-hydrogen) atoms. The number of carbonyl (C=O) groups is 1. The molecule has 140 valence electrons. The van der Waals surface area contributed by atoms with Crippen molar-refractivity contribution in [1.29, 1.82) is 0 Å². The van der Waals surface area contributed by atoms with Gasteiger partial charge in [-0.2, -0.15) is 0 Å². The van der Waals surface area contributed by atoms with Crippen LogP contribution in [0.5, 0.6) is 0 Å². The molecule has 0 unspecified atom stereocenters. The number of amides is 1. The molecule has 1 aromatic heterocycles. The van der Waals surface area contributed by atoms with E-state index in [1.54, 1.807) is 6.33 Å². The predicted octanol–water partition coefficient (Wildman–Crippen LogP) is 2.29. The lowest BCUT2D eigenvalue weighted by molar-refractivity contribution is -0.125. The molecule has 1 aliphatic heterocycles. The van der Waals surface area contributed by atoms with Gasteiger partial charge in [0.1, 0.15) is 12.2 Å². The third kappa shape index (κ3) is 4.49. The van der Waals surface area contributed by atoms with E-state index in [0.717, 1.165) is 25.5 Å². The lowest BCUT2D eigenvalue weighted by Gasteiger charge is -2.16. The molecule has 6 nitrogen and oxygen atoms in total.